The minimum absolute atomic E-state index is 0.161. The third kappa shape index (κ3) is 6.33. The molecule has 0 saturated carbocycles. The highest BCUT2D eigenvalue weighted by molar-refractivity contribution is 5.67. The first-order valence-electron chi connectivity index (χ1n) is 5.08. The van der Waals surface area contributed by atoms with E-state index in [-0.39, 0.29) is 11.6 Å². The van der Waals surface area contributed by atoms with Crippen molar-refractivity contribution in [2.75, 3.05) is 7.11 Å². The molecule has 15 heavy (non-hydrogen) atoms. The second-order valence-electron chi connectivity index (χ2n) is 5.63. The molecule has 0 aromatic carbocycles. The summed E-state index contributed by atoms with van der Waals surface area (Å²) in [6.45, 7) is 11.4. The molecular formula is C11H23NO3. The maximum atomic E-state index is 11.5. The molecule has 0 radical (unpaired) electrons. The summed E-state index contributed by atoms with van der Waals surface area (Å²) in [6.07, 6.45) is -0.809. The number of hydrogen-bond acceptors (Lipinski definition) is 3. The van der Waals surface area contributed by atoms with E-state index in [1.165, 1.54) is 0 Å². The van der Waals surface area contributed by atoms with Gasteiger partial charge in [0.1, 0.15) is 11.8 Å². The number of amides is 1. The molecule has 4 nitrogen and oxygen atoms in total. The molecule has 0 bridgehead atoms. The summed E-state index contributed by atoms with van der Waals surface area (Å²) < 4.78 is 10.3. The third-order valence-electron chi connectivity index (χ3n) is 1.67. The van der Waals surface area contributed by atoms with E-state index in [2.05, 4.69) is 5.32 Å². The number of rotatable bonds is 2. The molecule has 0 aliphatic heterocycles. The lowest BCUT2D eigenvalue weighted by Gasteiger charge is -2.30. The van der Waals surface area contributed by atoms with Crippen molar-refractivity contribution in [3.63, 3.8) is 0 Å². The van der Waals surface area contributed by atoms with Gasteiger partial charge in [0.15, 0.2) is 0 Å². The van der Waals surface area contributed by atoms with Crippen LogP contribution in [0, 0.1) is 5.41 Å². The molecule has 4 heteroatoms. The van der Waals surface area contributed by atoms with Gasteiger partial charge in [-0.2, -0.15) is 0 Å². The van der Waals surface area contributed by atoms with Crippen LogP contribution in [-0.4, -0.2) is 25.0 Å². The molecule has 1 atom stereocenters. The number of carbonyl (C=O) groups is 1. The Bertz CT molecular complexity index is 213. The van der Waals surface area contributed by atoms with Gasteiger partial charge in [-0.1, -0.05) is 20.8 Å². The van der Waals surface area contributed by atoms with Crippen molar-refractivity contribution in [2.45, 2.75) is 53.4 Å². The topological polar surface area (TPSA) is 47.6 Å². The Morgan fingerprint density at radius 1 is 1.13 bits per heavy atom. The molecule has 1 N–H and O–H groups in total. The fraction of sp³-hybridized carbons (Fsp3) is 0.909. The van der Waals surface area contributed by atoms with Gasteiger partial charge in [0, 0.05) is 12.5 Å². The van der Waals surface area contributed by atoms with Gasteiger partial charge in [0.05, 0.1) is 0 Å². The van der Waals surface area contributed by atoms with Crippen LogP contribution in [0.25, 0.3) is 0 Å². The lowest BCUT2D eigenvalue weighted by molar-refractivity contribution is -0.0210. The number of alkyl carbamates (subject to hydrolysis) is 1. The Morgan fingerprint density at radius 3 is 1.87 bits per heavy atom. The van der Waals surface area contributed by atoms with Crippen LogP contribution >= 0.6 is 0 Å². The zero-order valence-electron chi connectivity index (χ0n) is 10.8. The highest BCUT2D eigenvalue weighted by Crippen LogP contribution is 2.20. The molecule has 0 spiro atoms. The zero-order valence-corrected chi connectivity index (χ0v) is 10.8. The van der Waals surface area contributed by atoms with Crippen LogP contribution < -0.4 is 5.32 Å². The van der Waals surface area contributed by atoms with E-state index < -0.39 is 11.7 Å². The fourth-order valence-corrected chi connectivity index (χ4v) is 1.04. The molecule has 0 rings (SSSR count). The molecule has 1 unspecified atom stereocenters. The molecule has 0 aliphatic rings. The lowest BCUT2D eigenvalue weighted by atomic mass is 9.94. The molecular weight excluding hydrogens is 194 g/mol. The fourth-order valence-electron chi connectivity index (χ4n) is 1.04. The van der Waals surface area contributed by atoms with Gasteiger partial charge in [0.25, 0.3) is 0 Å². The molecule has 0 heterocycles. The van der Waals surface area contributed by atoms with E-state index in [4.69, 9.17) is 9.47 Å². The number of carbonyl (C=O) groups excluding carboxylic acids is 1. The van der Waals surface area contributed by atoms with Gasteiger partial charge in [-0.05, 0) is 20.8 Å². The molecule has 0 aromatic rings. The Hall–Kier alpha value is -0.770. The van der Waals surface area contributed by atoms with E-state index in [9.17, 15) is 4.79 Å². The Balaban J connectivity index is 4.27. The second kappa shape index (κ2) is 4.84. The normalized spacial score (nSPS) is 14.6. The smallest absolute Gasteiger partial charge is 0.409 e. The van der Waals surface area contributed by atoms with Crippen LogP contribution in [0.3, 0.4) is 0 Å². The van der Waals surface area contributed by atoms with Crippen molar-refractivity contribution in [2.24, 2.45) is 5.41 Å². The summed E-state index contributed by atoms with van der Waals surface area (Å²) in [5, 5.41) is 2.68. The van der Waals surface area contributed by atoms with E-state index in [1.807, 2.05) is 41.5 Å². The van der Waals surface area contributed by atoms with Crippen molar-refractivity contribution in [3.05, 3.63) is 0 Å². The van der Waals surface area contributed by atoms with E-state index in [0.29, 0.717) is 0 Å². The van der Waals surface area contributed by atoms with Gasteiger partial charge in [-0.15, -0.1) is 0 Å². The van der Waals surface area contributed by atoms with Crippen LogP contribution in [-0.2, 0) is 9.47 Å². The van der Waals surface area contributed by atoms with E-state index in [0.717, 1.165) is 0 Å². The van der Waals surface area contributed by atoms with Crippen molar-refractivity contribution in [1.82, 2.24) is 5.32 Å². The van der Waals surface area contributed by atoms with Crippen LogP contribution in [0.2, 0.25) is 0 Å². The minimum atomic E-state index is -0.486. The average Bonchev–Trinajstić information content (AvgIpc) is 1.94. The zero-order chi connectivity index (χ0) is 12.3. The van der Waals surface area contributed by atoms with Gasteiger partial charge in [-0.25, -0.2) is 4.79 Å². The van der Waals surface area contributed by atoms with Crippen LogP contribution in [0.4, 0.5) is 4.79 Å². The highest BCUT2D eigenvalue weighted by atomic mass is 16.6. The largest absolute Gasteiger partial charge is 0.444 e. The molecule has 1 amide bonds. The maximum absolute atomic E-state index is 11.5. The standard InChI is InChI=1S/C11H23NO3/c1-10(2,3)8(14-7)12-9(13)15-11(4,5)6/h8H,1-7H3,(H,12,13). The molecule has 0 aliphatic carbocycles. The molecule has 0 fully saturated rings. The predicted octanol–water partition coefficient (Wildman–Crippen LogP) is 2.53. The maximum Gasteiger partial charge on any atom is 0.409 e. The average molecular weight is 217 g/mol. The Kier molecular flexibility index (Phi) is 4.59. The summed E-state index contributed by atoms with van der Waals surface area (Å²) in [6, 6.07) is 0. The number of methoxy groups -OCH3 is 1. The number of ether oxygens (including phenoxy) is 2. The molecule has 0 saturated heterocycles. The minimum Gasteiger partial charge on any atom is -0.444 e. The van der Waals surface area contributed by atoms with E-state index >= 15 is 0 Å². The lowest BCUT2D eigenvalue weighted by Crippen LogP contribution is -2.46. The Labute approximate surface area is 92.3 Å². The summed E-state index contributed by atoms with van der Waals surface area (Å²) in [4.78, 5) is 11.5. The van der Waals surface area contributed by atoms with Crippen LogP contribution in [0.15, 0.2) is 0 Å². The first-order chi connectivity index (χ1) is 6.56. The Morgan fingerprint density at radius 2 is 1.60 bits per heavy atom. The third-order valence-corrected chi connectivity index (χ3v) is 1.67. The van der Waals surface area contributed by atoms with E-state index in [1.54, 1.807) is 7.11 Å². The monoisotopic (exact) mass is 217 g/mol. The van der Waals surface area contributed by atoms with Crippen molar-refractivity contribution in [3.8, 4) is 0 Å². The quantitative estimate of drug-likeness (QED) is 0.723. The van der Waals surface area contributed by atoms with Crippen LogP contribution in [0.1, 0.15) is 41.5 Å². The van der Waals surface area contributed by atoms with Gasteiger partial charge >= 0.3 is 6.09 Å². The predicted molar refractivity (Wildman–Crippen MR) is 59.6 cm³/mol. The number of hydrogen-bond donors (Lipinski definition) is 1. The van der Waals surface area contributed by atoms with Crippen molar-refractivity contribution >= 4 is 6.09 Å². The van der Waals surface area contributed by atoms with Gasteiger partial charge < -0.3 is 9.47 Å². The molecule has 0 aromatic heterocycles. The number of nitrogens with one attached hydrogen (secondary N) is 1. The summed E-state index contributed by atoms with van der Waals surface area (Å²) in [5.74, 6) is 0. The second-order valence-corrected chi connectivity index (χ2v) is 5.63. The summed E-state index contributed by atoms with van der Waals surface area (Å²) >= 11 is 0. The highest BCUT2D eigenvalue weighted by Gasteiger charge is 2.27. The molecule has 90 valence electrons. The van der Waals surface area contributed by atoms with Crippen molar-refractivity contribution in [1.29, 1.82) is 0 Å². The first-order valence-corrected chi connectivity index (χ1v) is 5.08. The SMILES string of the molecule is COC(NC(=O)OC(C)(C)C)C(C)(C)C. The van der Waals surface area contributed by atoms with Crippen molar-refractivity contribution < 1.29 is 14.3 Å². The summed E-state index contributed by atoms with van der Waals surface area (Å²) in [5.41, 5.74) is -0.647. The summed E-state index contributed by atoms with van der Waals surface area (Å²) in [7, 11) is 1.56. The van der Waals surface area contributed by atoms with Gasteiger partial charge in [-0.3, -0.25) is 5.32 Å². The van der Waals surface area contributed by atoms with Gasteiger partial charge in [0.2, 0.25) is 0 Å². The van der Waals surface area contributed by atoms with Crippen LogP contribution in [0.5, 0.6) is 0 Å². The first kappa shape index (κ1) is 14.2.